The third-order valence-electron chi connectivity index (χ3n) is 2.08. The Morgan fingerprint density at radius 1 is 1.35 bits per heavy atom. The Bertz CT molecular complexity index is 472. The molecule has 0 unspecified atom stereocenters. The van der Waals surface area contributed by atoms with E-state index in [1.807, 2.05) is 18.2 Å². The summed E-state index contributed by atoms with van der Waals surface area (Å²) in [5.74, 6) is 0.950. The molecule has 3 nitrogen and oxygen atoms in total. The molecule has 1 aromatic carbocycles. The van der Waals surface area contributed by atoms with Gasteiger partial charge >= 0.3 is 0 Å². The number of hydrogen-bond donors (Lipinski definition) is 0. The van der Waals surface area contributed by atoms with Gasteiger partial charge in [0.1, 0.15) is 15.6 Å². The smallest absolute Gasteiger partial charge is 0.147 e. The lowest BCUT2D eigenvalue weighted by Gasteiger charge is -2.10. The van der Waals surface area contributed by atoms with E-state index in [0.29, 0.717) is 18.4 Å². The Morgan fingerprint density at radius 3 is 2.65 bits per heavy atom. The predicted molar refractivity (Wildman–Crippen MR) is 76.6 cm³/mol. The number of rotatable bonds is 6. The molecule has 0 aliphatic rings. The molecule has 0 aliphatic carbocycles. The molecular weight excluding hydrogens is 372 g/mol. The quantitative estimate of drug-likeness (QED) is 0.558. The molecule has 0 N–H and O–H groups in total. The van der Waals surface area contributed by atoms with Crippen molar-refractivity contribution in [2.24, 2.45) is 0 Å². The molecule has 0 amide bonds. The summed E-state index contributed by atoms with van der Waals surface area (Å²) in [4.78, 5) is 0. The van der Waals surface area contributed by atoms with Crippen molar-refractivity contribution in [2.75, 3.05) is 18.6 Å². The monoisotopic (exact) mass is 384 g/mol. The van der Waals surface area contributed by atoms with Gasteiger partial charge in [-0.2, -0.15) is 0 Å². The second kappa shape index (κ2) is 6.75. The first-order chi connectivity index (χ1) is 7.92. The number of alkyl halides is 1. The highest BCUT2D eigenvalue weighted by atomic mass is 79.9. The van der Waals surface area contributed by atoms with Crippen LogP contribution in [0.25, 0.3) is 0 Å². The maximum Gasteiger partial charge on any atom is 0.147 e. The van der Waals surface area contributed by atoms with E-state index in [9.17, 15) is 8.42 Å². The minimum absolute atomic E-state index is 0.160. The van der Waals surface area contributed by atoms with E-state index in [1.165, 1.54) is 6.26 Å². The first-order valence-electron chi connectivity index (χ1n) is 5.07. The third-order valence-corrected chi connectivity index (χ3v) is 4.21. The van der Waals surface area contributed by atoms with Gasteiger partial charge < -0.3 is 4.74 Å². The van der Waals surface area contributed by atoms with Gasteiger partial charge in [0, 0.05) is 21.6 Å². The van der Waals surface area contributed by atoms with Crippen LogP contribution in [0.3, 0.4) is 0 Å². The SMILES string of the molecule is CS(=O)(=O)CCCOc1ccc(Br)cc1CBr. The molecule has 0 saturated carbocycles. The van der Waals surface area contributed by atoms with Gasteiger partial charge in [-0.05, 0) is 24.6 Å². The summed E-state index contributed by atoms with van der Waals surface area (Å²) < 4.78 is 28.4. The van der Waals surface area contributed by atoms with Gasteiger partial charge in [-0.3, -0.25) is 0 Å². The van der Waals surface area contributed by atoms with Crippen LogP contribution in [0.1, 0.15) is 12.0 Å². The van der Waals surface area contributed by atoms with Crippen LogP contribution in [0.4, 0.5) is 0 Å². The van der Waals surface area contributed by atoms with Gasteiger partial charge in [0.05, 0.1) is 12.4 Å². The summed E-state index contributed by atoms with van der Waals surface area (Å²) >= 11 is 6.78. The Morgan fingerprint density at radius 2 is 2.06 bits per heavy atom. The normalized spacial score (nSPS) is 11.5. The molecule has 0 heterocycles. The van der Waals surface area contributed by atoms with Gasteiger partial charge in [-0.15, -0.1) is 0 Å². The van der Waals surface area contributed by atoms with E-state index >= 15 is 0 Å². The summed E-state index contributed by atoms with van der Waals surface area (Å²) in [7, 11) is -2.90. The lowest BCUT2D eigenvalue weighted by atomic mass is 10.2. The second-order valence-electron chi connectivity index (χ2n) is 3.72. The second-order valence-corrected chi connectivity index (χ2v) is 7.45. The average Bonchev–Trinajstić information content (AvgIpc) is 2.24. The van der Waals surface area contributed by atoms with Crippen LogP contribution in [-0.2, 0) is 15.2 Å². The fourth-order valence-electron chi connectivity index (χ4n) is 1.30. The maximum absolute atomic E-state index is 10.9. The Kier molecular flexibility index (Phi) is 5.95. The third kappa shape index (κ3) is 5.88. The van der Waals surface area contributed by atoms with Crippen LogP contribution in [0, 0.1) is 0 Å². The van der Waals surface area contributed by atoms with Crippen LogP contribution in [0.15, 0.2) is 22.7 Å². The molecule has 0 fully saturated rings. The maximum atomic E-state index is 10.9. The van der Waals surface area contributed by atoms with E-state index in [1.54, 1.807) is 0 Å². The number of halogens is 2. The summed E-state index contributed by atoms with van der Waals surface area (Å²) in [6, 6.07) is 5.75. The van der Waals surface area contributed by atoms with Gasteiger partial charge in [0.2, 0.25) is 0 Å². The van der Waals surface area contributed by atoms with Gasteiger partial charge in [-0.25, -0.2) is 8.42 Å². The molecule has 6 heteroatoms. The van der Waals surface area contributed by atoms with E-state index in [4.69, 9.17) is 4.74 Å². The van der Waals surface area contributed by atoms with Crippen molar-refractivity contribution in [1.29, 1.82) is 0 Å². The highest BCUT2D eigenvalue weighted by Gasteiger charge is 2.05. The standard InChI is InChI=1S/C11H14Br2O3S/c1-17(14,15)6-2-5-16-11-4-3-10(13)7-9(11)8-12/h3-4,7H,2,5-6,8H2,1H3. The molecule has 0 radical (unpaired) electrons. The molecule has 0 aliphatic heterocycles. The first kappa shape index (κ1) is 15.0. The van der Waals surface area contributed by atoms with Crippen molar-refractivity contribution in [3.05, 3.63) is 28.2 Å². The molecule has 96 valence electrons. The van der Waals surface area contributed by atoms with Crippen molar-refractivity contribution in [3.8, 4) is 5.75 Å². The van der Waals surface area contributed by atoms with Crippen LogP contribution in [-0.4, -0.2) is 27.0 Å². The molecule has 0 atom stereocenters. The Hall–Kier alpha value is -0.0700. The number of ether oxygens (including phenoxy) is 1. The summed E-state index contributed by atoms with van der Waals surface area (Å²) in [5, 5.41) is 0.702. The van der Waals surface area contributed by atoms with Crippen molar-refractivity contribution in [2.45, 2.75) is 11.8 Å². The average molecular weight is 386 g/mol. The zero-order valence-corrected chi connectivity index (χ0v) is 13.4. The zero-order chi connectivity index (χ0) is 12.9. The summed E-state index contributed by atoms with van der Waals surface area (Å²) in [5.41, 5.74) is 1.04. The lowest BCUT2D eigenvalue weighted by Crippen LogP contribution is -2.08. The highest BCUT2D eigenvalue weighted by Crippen LogP contribution is 2.25. The molecule has 1 aromatic rings. The fraction of sp³-hybridized carbons (Fsp3) is 0.455. The summed E-state index contributed by atoms with van der Waals surface area (Å²) in [6.45, 7) is 0.411. The first-order valence-corrected chi connectivity index (χ1v) is 9.05. The highest BCUT2D eigenvalue weighted by molar-refractivity contribution is 9.10. The van der Waals surface area contributed by atoms with E-state index < -0.39 is 9.84 Å². The van der Waals surface area contributed by atoms with Crippen LogP contribution < -0.4 is 4.74 Å². The number of hydrogen-bond acceptors (Lipinski definition) is 3. The minimum Gasteiger partial charge on any atom is -0.493 e. The van der Waals surface area contributed by atoms with Gasteiger partial charge in [0.15, 0.2) is 0 Å². The zero-order valence-electron chi connectivity index (χ0n) is 9.45. The molecule has 0 saturated heterocycles. The number of sulfone groups is 1. The largest absolute Gasteiger partial charge is 0.493 e. The number of benzene rings is 1. The lowest BCUT2D eigenvalue weighted by molar-refractivity contribution is 0.315. The van der Waals surface area contributed by atoms with Gasteiger partial charge in [0.25, 0.3) is 0 Å². The predicted octanol–water partition coefficient (Wildman–Crippen LogP) is 3.16. The van der Waals surface area contributed by atoms with Crippen LogP contribution >= 0.6 is 31.9 Å². The molecule has 17 heavy (non-hydrogen) atoms. The van der Waals surface area contributed by atoms with E-state index in [0.717, 1.165) is 15.8 Å². The summed E-state index contributed by atoms with van der Waals surface area (Å²) in [6.07, 6.45) is 1.74. The van der Waals surface area contributed by atoms with E-state index in [-0.39, 0.29) is 5.75 Å². The van der Waals surface area contributed by atoms with Crippen LogP contribution in [0.2, 0.25) is 0 Å². The fourth-order valence-corrected chi connectivity index (χ4v) is 2.79. The minimum atomic E-state index is -2.90. The van der Waals surface area contributed by atoms with Crippen molar-refractivity contribution < 1.29 is 13.2 Å². The topological polar surface area (TPSA) is 43.4 Å². The molecule has 1 rings (SSSR count). The molecule has 0 spiro atoms. The van der Waals surface area contributed by atoms with Crippen molar-refractivity contribution in [3.63, 3.8) is 0 Å². The molecular formula is C11H14Br2O3S. The van der Waals surface area contributed by atoms with Gasteiger partial charge in [-0.1, -0.05) is 31.9 Å². The Balaban J connectivity index is 2.52. The van der Waals surface area contributed by atoms with Crippen LogP contribution in [0.5, 0.6) is 5.75 Å². The molecule has 0 aromatic heterocycles. The van der Waals surface area contributed by atoms with Crippen molar-refractivity contribution in [1.82, 2.24) is 0 Å². The molecule has 0 bridgehead atoms. The van der Waals surface area contributed by atoms with E-state index in [2.05, 4.69) is 31.9 Å². The Labute approximate surface area is 119 Å². The van der Waals surface area contributed by atoms with Crippen molar-refractivity contribution >= 4 is 41.7 Å².